The number of nitrogens with one attached hydrogen (secondary N) is 2. The summed E-state index contributed by atoms with van der Waals surface area (Å²) in [5.74, 6) is 1.49. The molecule has 0 aromatic carbocycles. The Hall–Kier alpha value is -1.46. The maximum absolute atomic E-state index is 5.57. The van der Waals surface area contributed by atoms with Crippen LogP contribution in [0, 0.1) is 22.2 Å². The average molecular weight is 449 g/mol. The van der Waals surface area contributed by atoms with Crippen LogP contribution in [0.4, 0.5) is 0 Å². The Morgan fingerprint density at radius 2 is 1.41 bits per heavy atom. The summed E-state index contributed by atoms with van der Waals surface area (Å²) in [6.07, 6.45) is 4.99. The fraction of sp³-hybridized carbons (Fsp3) is 0.778. The van der Waals surface area contributed by atoms with Crippen molar-refractivity contribution in [2.24, 2.45) is 39.9 Å². The van der Waals surface area contributed by atoms with E-state index in [0.29, 0.717) is 28.2 Å². The van der Waals surface area contributed by atoms with E-state index in [2.05, 4.69) is 84.9 Å². The molecular weight excluding hydrogens is 394 g/mol. The molecule has 0 saturated carbocycles. The number of nitrogens with zero attached hydrogens (tertiary/aromatic N) is 2. The quantitative estimate of drug-likeness (QED) is 0.510. The van der Waals surface area contributed by atoms with Gasteiger partial charge in [0, 0.05) is 50.8 Å². The molecule has 0 radical (unpaired) electrons. The van der Waals surface area contributed by atoms with Crippen LogP contribution in [0.25, 0.3) is 0 Å². The highest BCUT2D eigenvalue weighted by molar-refractivity contribution is 5.82. The Morgan fingerprint density at radius 1 is 0.875 bits per heavy atom. The van der Waals surface area contributed by atoms with Crippen LogP contribution in [0.1, 0.15) is 75.7 Å². The molecule has 1 aromatic rings. The summed E-state index contributed by atoms with van der Waals surface area (Å²) in [5.41, 5.74) is 6.83. The number of hydrogen-bond donors (Lipinski definition) is 3. The Morgan fingerprint density at radius 3 is 1.62 bits per heavy atom. The van der Waals surface area contributed by atoms with Crippen LogP contribution in [0.5, 0.6) is 0 Å². The van der Waals surface area contributed by atoms with E-state index in [0.717, 1.165) is 38.4 Å². The molecule has 4 N–H and O–H groups in total. The van der Waals surface area contributed by atoms with Crippen LogP contribution in [0.15, 0.2) is 35.6 Å². The summed E-state index contributed by atoms with van der Waals surface area (Å²) >= 11 is 0. The van der Waals surface area contributed by atoms with Crippen LogP contribution < -0.4 is 20.9 Å². The normalized spacial score (nSPS) is 21.0. The van der Waals surface area contributed by atoms with Gasteiger partial charge in [0.1, 0.15) is 7.05 Å². The fourth-order valence-electron chi connectivity index (χ4n) is 2.94. The zero-order valence-electron chi connectivity index (χ0n) is 23.0. The van der Waals surface area contributed by atoms with Gasteiger partial charge in [0.2, 0.25) is 0 Å². The van der Waals surface area contributed by atoms with Crippen LogP contribution in [-0.4, -0.2) is 38.1 Å². The number of aliphatic imine (C=N–C) groups is 1. The molecule has 2 aliphatic heterocycles. The first-order chi connectivity index (χ1) is 14.5. The summed E-state index contributed by atoms with van der Waals surface area (Å²) in [4.78, 5) is 4.18. The van der Waals surface area contributed by atoms with Gasteiger partial charge in [0.15, 0.2) is 12.4 Å². The lowest BCUT2D eigenvalue weighted by atomic mass is 9.80. The van der Waals surface area contributed by atoms with Crippen molar-refractivity contribution < 1.29 is 4.57 Å². The molecule has 3 heterocycles. The molecule has 0 amide bonds. The molecule has 0 bridgehead atoms. The summed E-state index contributed by atoms with van der Waals surface area (Å²) in [7, 11) is 2.00. The first kappa shape index (κ1) is 30.5. The third-order valence-electron chi connectivity index (χ3n) is 5.15. The van der Waals surface area contributed by atoms with Gasteiger partial charge < -0.3 is 16.4 Å². The zero-order chi connectivity index (χ0) is 25.0. The van der Waals surface area contributed by atoms with Crippen LogP contribution in [0.2, 0.25) is 0 Å². The molecule has 1 saturated heterocycles. The van der Waals surface area contributed by atoms with Gasteiger partial charge in [-0.25, -0.2) is 4.57 Å². The lowest BCUT2D eigenvalue weighted by Gasteiger charge is -2.35. The summed E-state index contributed by atoms with van der Waals surface area (Å²) < 4.78 is 2.00. The molecule has 32 heavy (non-hydrogen) atoms. The lowest BCUT2D eigenvalue weighted by molar-refractivity contribution is -0.671. The molecule has 5 heteroatoms. The number of rotatable bonds is 0. The van der Waals surface area contributed by atoms with Gasteiger partial charge in [-0.3, -0.25) is 4.99 Å². The predicted octanol–water partition coefficient (Wildman–Crippen LogP) is 4.57. The number of aromatic nitrogens is 1. The molecule has 2 atom stereocenters. The van der Waals surface area contributed by atoms with Crippen molar-refractivity contribution in [3.8, 4) is 0 Å². The second-order valence-corrected chi connectivity index (χ2v) is 12.7. The van der Waals surface area contributed by atoms with Gasteiger partial charge in [0.05, 0.1) is 5.84 Å². The molecule has 0 spiro atoms. The standard InChI is InChI=1S/C8H16N2.C8H18N2.C6H8N.C5H12/c1-8(2,3)6-4-7(9)10-5-6;1-8(2,3)7-6-9-4-5-10-7;1-7-5-3-2-4-6-7;1-5(2,3)4/h6H,4-5H2,1-3H3,(H2,9,10);7,9-10H,4-6H2,1-3H3;2-6H,1H3;1-4H3/q;;+1;. The van der Waals surface area contributed by atoms with E-state index in [1.54, 1.807) is 0 Å². The Balaban J connectivity index is 0.000000415. The van der Waals surface area contributed by atoms with Gasteiger partial charge in [-0.05, 0) is 22.2 Å². The minimum atomic E-state index is 0.366. The molecule has 2 aliphatic rings. The number of hydrogen-bond acceptors (Lipinski definition) is 4. The second kappa shape index (κ2) is 13.9. The third-order valence-corrected chi connectivity index (χ3v) is 5.15. The smallest absolute Gasteiger partial charge is 0.168 e. The number of aryl methyl sites for hydroxylation is 1. The lowest BCUT2D eigenvalue weighted by Crippen LogP contribution is -2.54. The molecule has 186 valence electrons. The van der Waals surface area contributed by atoms with Crippen molar-refractivity contribution in [2.75, 3.05) is 26.2 Å². The average Bonchev–Trinajstić information content (AvgIpc) is 3.09. The number of amidine groups is 1. The van der Waals surface area contributed by atoms with E-state index in [1.807, 2.05) is 42.2 Å². The molecule has 3 rings (SSSR count). The SMILES string of the molecule is CC(C)(C)C.CC(C)(C)C1CN=C(N)C1.CC(C)(C)C1CNCCN1.C[n+]1ccccc1. The highest BCUT2D eigenvalue weighted by atomic mass is 15.1. The fourth-order valence-corrected chi connectivity index (χ4v) is 2.94. The van der Waals surface area contributed by atoms with E-state index >= 15 is 0 Å². The van der Waals surface area contributed by atoms with Gasteiger partial charge in [0.25, 0.3) is 0 Å². The highest BCUT2D eigenvalue weighted by Gasteiger charge is 2.28. The second-order valence-electron chi connectivity index (χ2n) is 12.7. The van der Waals surface area contributed by atoms with Crippen molar-refractivity contribution in [1.82, 2.24) is 10.6 Å². The topological polar surface area (TPSA) is 66.3 Å². The molecule has 0 aliphatic carbocycles. The van der Waals surface area contributed by atoms with Crippen LogP contribution >= 0.6 is 0 Å². The van der Waals surface area contributed by atoms with Crippen molar-refractivity contribution >= 4 is 5.84 Å². The Kier molecular flexibility index (Phi) is 13.3. The molecular formula is C27H54N5+. The number of piperazine rings is 1. The largest absolute Gasteiger partial charge is 0.387 e. The first-order valence-corrected chi connectivity index (χ1v) is 12.1. The maximum Gasteiger partial charge on any atom is 0.168 e. The minimum Gasteiger partial charge on any atom is -0.387 e. The molecule has 2 unspecified atom stereocenters. The van der Waals surface area contributed by atoms with Gasteiger partial charge in [-0.1, -0.05) is 75.3 Å². The van der Waals surface area contributed by atoms with Crippen molar-refractivity contribution in [3.05, 3.63) is 30.6 Å². The summed E-state index contributed by atoms with van der Waals surface area (Å²) in [6, 6.07) is 6.64. The third kappa shape index (κ3) is 17.1. The summed E-state index contributed by atoms with van der Waals surface area (Å²) in [6.45, 7) is 26.6. The molecule has 5 nitrogen and oxygen atoms in total. The van der Waals surface area contributed by atoms with Crippen LogP contribution in [-0.2, 0) is 7.05 Å². The van der Waals surface area contributed by atoms with Gasteiger partial charge in [-0.15, -0.1) is 0 Å². The van der Waals surface area contributed by atoms with E-state index in [-0.39, 0.29) is 0 Å². The van der Waals surface area contributed by atoms with Crippen LogP contribution in [0.3, 0.4) is 0 Å². The Labute approximate surface area is 199 Å². The van der Waals surface area contributed by atoms with E-state index < -0.39 is 0 Å². The van der Waals surface area contributed by atoms with Gasteiger partial charge >= 0.3 is 0 Å². The zero-order valence-corrected chi connectivity index (χ0v) is 23.0. The van der Waals surface area contributed by atoms with Crippen molar-refractivity contribution in [2.45, 2.75) is 81.7 Å². The van der Waals surface area contributed by atoms with Gasteiger partial charge in [-0.2, -0.15) is 0 Å². The number of nitrogens with two attached hydrogens (primary N) is 1. The van der Waals surface area contributed by atoms with E-state index in [9.17, 15) is 0 Å². The first-order valence-electron chi connectivity index (χ1n) is 12.1. The minimum absolute atomic E-state index is 0.366. The highest BCUT2D eigenvalue weighted by Crippen LogP contribution is 2.31. The summed E-state index contributed by atoms with van der Waals surface area (Å²) in [5, 5.41) is 6.88. The number of pyridine rings is 1. The monoisotopic (exact) mass is 448 g/mol. The van der Waals surface area contributed by atoms with Crippen molar-refractivity contribution in [3.63, 3.8) is 0 Å². The maximum atomic E-state index is 5.57. The Bertz CT molecular complexity index is 609. The molecule has 1 fully saturated rings. The van der Waals surface area contributed by atoms with Crippen molar-refractivity contribution in [1.29, 1.82) is 0 Å². The molecule has 1 aromatic heterocycles. The predicted molar refractivity (Wildman–Crippen MR) is 141 cm³/mol. The van der Waals surface area contributed by atoms with E-state index in [1.165, 1.54) is 0 Å². The van der Waals surface area contributed by atoms with E-state index in [4.69, 9.17) is 5.73 Å².